The van der Waals surface area contributed by atoms with Crippen molar-refractivity contribution < 1.29 is 4.79 Å². The molecule has 2 aromatic rings. The summed E-state index contributed by atoms with van der Waals surface area (Å²) in [7, 11) is 0. The van der Waals surface area contributed by atoms with E-state index < -0.39 is 0 Å². The molecule has 4 heteroatoms. The number of amides is 1. The summed E-state index contributed by atoms with van der Waals surface area (Å²) < 4.78 is 1.01. The Morgan fingerprint density at radius 1 is 1.26 bits per heavy atom. The molecule has 1 aliphatic heterocycles. The van der Waals surface area contributed by atoms with E-state index in [1.54, 1.807) is 11.0 Å². The molecular formula is C15H11BrClNO. The van der Waals surface area contributed by atoms with Crippen molar-refractivity contribution >= 4 is 39.1 Å². The summed E-state index contributed by atoms with van der Waals surface area (Å²) in [6, 6.07) is 11.4. The largest absolute Gasteiger partial charge is 0.304 e. The zero-order valence-corrected chi connectivity index (χ0v) is 12.6. The Bertz CT molecular complexity index is 684. The number of fused-ring (bicyclic) bond motifs is 1. The van der Waals surface area contributed by atoms with E-state index in [0.29, 0.717) is 17.1 Å². The lowest BCUT2D eigenvalue weighted by atomic mass is 10.1. The van der Waals surface area contributed by atoms with Gasteiger partial charge in [-0.05, 0) is 42.3 Å². The van der Waals surface area contributed by atoms with Crippen LogP contribution in [0.1, 0.15) is 21.5 Å². The maximum Gasteiger partial charge on any atom is 0.258 e. The Balaban J connectivity index is 2.07. The summed E-state index contributed by atoms with van der Waals surface area (Å²) in [4.78, 5) is 14.3. The van der Waals surface area contributed by atoms with Crippen LogP contribution < -0.4 is 4.90 Å². The van der Waals surface area contributed by atoms with Crippen LogP contribution in [0.15, 0.2) is 40.9 Å². The molecule has 0 radical (unpaired) electrons. The van der Waals surface area contributed by atoms with Gasteiger partial charge in [0.25, 0.3) is 5.91 Å². The Morgan fingerprint density at radius 3 is 2.84 bits per heavy atom. The fraction of sp³-hybridized carbons (Fsp3) is 0.133. The lowest BCUT2D eigenvalue weighted by Gasteiger charge is -2.19. The first kappa shape index (κ1) is 12.7. The Morgan fingerprint density at radius 2 is 2.05 bits per heavy atom. The molecule has 0 aromatic heterocycles. The zero-order chi connectivity index (χ0) is 13.6. The van der Waals surface area contributed by atoms with Crippen molar-refractivity contribution in [2.75, 3.05) is 4.90 Å². The number of carbonyl (C=O) groups excluding carboxylic acids is 1. The van der Waals surface area contributed by atoms with Gasteiger partial charge in [0.05, 0.1) is 6.54 Å². The molecule has 2 aromatic carbocycles. The number of hydrogen-bond donors (Lipinski definition) is 0. The van der Waals surface area contributed by atoms with Crippen LogP contribution >= 0.6 is 27.5 Å². The van der Waals surface area contributed by atoms with Crippen LogP contribution in [0.3, 0.4) is 0 Å². The molecule has 1 heterocycles. The Hall–Kier alpha value is -1.32. The van der Waals surface area contributed by atoms with Crippen LogP contribution in [0.25, 0.3) is 0 Å². The third kappa shape index (κ3) is 2.07. The molecular weight excluding hydrogens is 326 g/mol. The third-order valence-electron chi connectivity index (χ3n) is 3.41. The molecule has 0 saturated carbocycles. The fourth-order valence-electron chi connectivity index (χ4n) is 2.36. The highest BCUT2D eigenvalue weighted by Crippen LogP contribution is 2.34. The van der Waals surface area contributed by atoms with Gasteiger partial charge in [0.15, 0.2) is 0 Å². The number of benzene rings is 2. The number of nitrogens with zero attached hydrogens (tertiary/aromatic N) is 1. The number of rotatable bonds is 1. The van der Waals surface area contributed by atoms with Crippen molar-refractivity contribution in [3.8, 4) is 0 Å². The van der Waals surface area contributed by atoms with Gasteiger partial charge in [-0.15, -0.1) is 0 Å². The van der Waals surface area contributed by atoms with Gasteiger partial charge < -0.3 is 4.90 Å². The topological polar surface area (TPSA) is 20.3 Å². The van der Waals surface area contributed by atoms with Gasteiger partial charge in [0.2, 0.25) is 0 Å². The number of hydrogen-bond acceptors (Lipinski definition) is 1. The summed E-state index contributed by atoms with van der Waals surface area (Å²) in [5.74, 6) is 0.0127. The van der Waals surface area contributed by atoms with Crippen LogP contribution in [0, 0.1) is 6.92 Å². The smallest absolute Gasteiger partial charge is 0.258 e. The van der Waals surface area contributed by atoms with Gasteiger partial charge in [-0.25, -0.2) is 0 Å². The second-order valence-electron chi connectivity index (χ2n) is 4.58. The van der Waals surface area contributed by atoms with E-state index in [2.05, 4.69) is 15.9 Å². The van der Waals surface area contributed by atoms with Gasteiger partial charge in [-0.1, -0.05) is 39.7 Å². The predicted molar refractivity (Wildman–Crippen MR) is 80.8 cm³/mol. The maximum absolute atomic E-state index is 12.5. The maximum atomic E-state index is 12.5. The molecule has 3 rings (SSSR count). The second-order valence-corrected chi connectivity index (χ2v) is 5.87. The molecule has 19 heavy (non-hydrogen) atoms. The number of halogens is 2. The molecule has 0 atom stereocenters. The SMILES string of the molecule is Cc1c(Br)cccc1N1Cc2ccc(Cl)cc2C1=O. The Labute approximate surface area is 125 Å². The summed E-state index contributed by atoms with van der Waals surface area (Å²) in [5.41, 5.74) is 3.72. The molecule has 1 amide bonds. The summed E-state index contributed by atoms with van der Waals surface area (Å²) in [5, 5.41) is 0.597. The van der Waals surface area contributed by atoms with Crippen LogP contribution in [-0.4, -0.2) is 5.91 Å². The fourth-order valence-corrected chi connectivity index (χ4v) is 2.88. The number of anilines is 1. The van der Waals surface area contributed by atoms with E-state index in [1.165, 1.54) is 0 Å². The molecule has 1 aliphatic rings. The van der Waals surface area contributed by atoms with Gasteiger partial charge in [-0.3, -0.25) is 4.79 Å². The third-order valence-corrected chi connectivity index (χ3v) is 4.50. The van der Waals surface area contributed by atoms with E-state index in [4.69, 9.17) is 11.6 Å². The average Bonchev–Trinajstić information content (AvgIpc) is 2.70. The van der Waals surface area contributed by atoms with Gasteiger partial charge >= 0.3 is 0 Å². The monoisotopic (exact) mass is 335 g/mol. The van der Waals surface area contributed by atoms with Crippen molar-refractivity contribution in [1.29, 1.82) is 0 Å². The quantitative estimate of drug-likeness (QED) is 0.747. The van der Waals surface area contributed by atoms with E-state index >= 15 is 0 Å². The minimum atomic E-state index is 0.0127. The van der Waals surface area contributed by atoms with E-state index in [0.717, 1.165) is 21.3 Å². The molecule has 2 nitrogen and oxygen atoms in total. The summed E-state index contributed by atoms with van der Waals surface area (Å²) in [6.07, 6.45) is 0. The van der Waals surface area contributed by atoms with Gasteiger partial charge in [0, 0.05) is 20.7 Å². The summed E-state index contributed by atoms with van der Waals surface area (Å²) >= 11 is 9.46. The minimum absolute atomic E-state index is 0.0127. The lowest BCUT2D eigenvalue weighted by Crippen LogP contribution is -2.23. The van der Waals surface area contributed by atoms with Gasteiger partial charge in [-0.2, -0.15) is 0 Å². The second kappa shape index (κ2) is 4.66. The van der Waals surface area contributed by atoms with E-state index in [9.17, 15) is 4.79 Å². The Kier molecular flexibility index (Phi) is 3.11. The average molecular weight is 337 g/mol. The summed E-state index contributed by atoms with van der Waals surface area (Å²) in [6.45, 7) is 2.60. The first-order valence-electron chi connectivity index (χ1n) is 5.93. The molecule has 96 valence electrons. The normalized spacial score (nSPS) is 13.8. The molecule has 0 bridgehead atoms. The van der Waals surface area contributed by atoms with Crippen molar-refractivity contribution in [3.63, 3.8) is 0 Å². The van der Waals surface area contributed by atoms with Gasteiger partial charge in [0.1, 0.15) is 0 Å². The molecule has 0 aliphatic carbocycles. The predicted octanol–water partition coefficient (Wildman–Crippen LogP) is 4.57. The van der Waals surface area contributed by atoms with E-state index in [-0.39, 0.29) is 5.91 Å². The molecule has 0 saturated heterocycles. The highest BCUT2D eigenvalue weighted by molar-refractivity contribution is 9.10. The lowest BCUT2D eigenvalue weighted by molar-refractivity contribution is 0.0996. The molecule has 0 N–H and O–H groups in total. The zero-order valence-electron chi connectivity index (χ0n) is 10.3. The number of carbonyl (C=O) groups is 1. The molecule has 0 fully saturated rings. The first-order chi connectivity index (χ1) is 9.08. The van der Waals surface area contributed by atoms with Crippen molar-refractivity contribution in [3.05, 3.63) is 62.6 Å². The van der Waals surface area contributed by atoms with Crippen LogP contribution in [0.4, 0.5) is 5.69 Å². The van der Waals surface area contributed by atoms with Crippen LogP contribution in [0.5, 0.6) is 0 Å². The minimum Gasteiger partial charge on any atom is -0.304 e. The first-order valence-corrected chi connectivity index (χ1v) is 7.10. The standard InChI is InChI=1S/C15H11BrClNO/c1-9-13(16)3-2-4-14(9)18-8-10-5-6-11(17)7-12(10)15(18)19/h2-7H,8H2,1H3. The van der Waals surface area contributed by atoms with Crippen molar-refractivity contribution in [2.24, 2.45) is 0 Å². The van der Waals surface area contributed by atoms with E-state index in [1.807, 2.05) is 37.3 Å². The van der Waals surface area contributed by atoms with Crippen LogP contribution in [0.2, 0.25) is 5.02 Å². The molecule has 0 spiro atoms. The molecule has 0 unspecified atom stereocenters. The highest BCUT2D eigenvalue weighted by atomic mass is 79.9. The van der Waals surface area contributed by atoms with Crippen LogP contribution in [-0.2, 0) is 6.54 Å². The van der Waals surface area contributed by atoms with Crippen molar-refractivity contribution in [2.45, 2.75) is 13.5 Å². The highest BCUT2D eigenvalue weighted by Gasteiger charge is 2.29. The van der Waals surface area contributed by atoms with Crippen molar-refractivity contribution in [1.82, 2.24) is 0 Å².